The predicted octanol–water partition coefficient (Wildman–Crippen LogP) is 1.69. The first-order chi connectivity index (χ1) is 8.43. The molecule has 0 spiro atoms. The van der Waals surface area contributed by atoms with E-state index >= 15 is 0 Å². The summed E-state index contributed by atoms with van der Waals surface area (Å²) in [5.74, 6) is 0. The summed E-state index contributed by atoms with van der Waals surface area (Å²) in [6.07, 6.45) is 3.60. The van der Waals surface area contributed by atoms with Crippen LogP contribution in [0.2, 0.25) is 0 Å². The number of hydrogen-bond donors (Lipinski definition) is 1. The molecule has 1 aromatic carbocycles. The van der Waals surface area contributed by atoms with Crippen molar-refractivity contribution in [2.45, 2.75) is 6.54 Å². The summed E-state index contributed by atoms with van der Waals surface area (Å²) in [7, 11) is 0. The number of benzene rings is 1. The van der Waals surface area contributed by atoms with Crippen molar-refractivity contribution in [1.82, 2.24) is 12.9 Å². The van der Waals surface area contributed by atoms with Gasteiger partial charge in [0.2, 0.25) is 0 Å². The van der Waals surface area contributed by atoms with E-state index in [0.29, 0.717) is 0 Å². The van der Waals surface area contributed by atoms with Crippen LogP contribution < -0.4 is 5.32 Å². The molecule has 3 rings (SSSR count). The average Bonchev–Trinajstić information content (AvgIpc) is 2.86. The van der Waals surface area contributed by atoms with Gasteiger partial charge in [0.15, 0.2) is 0 Å². The molecule has 2 heterocycles. The Labute approximate surface area is 105 Å². The Balaban J connectivity index is 1.84. The van der Waals surface area contributed by atoms with Gasteiger partial charge in [-0.3, -0.25) is 0 Å². The van der Waals surface area contributed by atoms with E-state index in [4.69, 9.17) is 0 Å². The number of anilines is 1. The number of nitrogens with one attached hydrogen (secondary N) is 1. The molecule has 84 valence electrons. The Morgan fingerprint density at radius 1 is 1.06 bits per heavy atom. The van der Waals surface area contributed by atoms with Gasteiger partial charge < -0.3 is 0 Å². The molecule has 0 saturated carbocycles. The molecule has 2 aromatic heterocycles. The maximum absolute atomic E-state index is 4.43. The van der Waals surface area contributed by atoms with E-state index < -0.39 is 0 Å². The standard InChI is InChI=1S/C12H10N4Se/c1-2-10(12-11(3-1)15-17-16-12)14-8-9-4-6-13-7-5-9/h1-7,14H,8H2. The maximum atomic E-state index is 4.43. The van der Waals surface area contributed by atoms with Crippen molar-refractivity contribution in [1.29, 1.82) is 0 Å². The number of hydrogen-bond acceptors (Lipinski definition) is 4. The minimum absolute atomic E-state index is 0.0246. The molecule has 0 unspecified atom stereocenters. The Morgan fingerprint density at radius 3 is 2.82 bits per heavy atom. The van der Waals surface area contributed by atoms with Crippen molar-refractivity contribution in [2.24, 2.45) is 0 Å². The van der Waals surface area contributed by atoms with Crippen LogP contribution in [0.5, 0.6) is 0 Å². The van der Waals surface area contributed by atoms with Crippen molar-refractivity contribution in [3.05, 3.63) is 48.3 Å². The van der Waals surface area contributed by atoms with Crippen molar-refractivity contribution in [3.8, 4) is 0 Å². The van der Waals surface area contributed by atoms with Crippen LogP contribution in [0, 0.1) is 0 Å². The van der Waals surface area contributed by atoms with Crippen LogP contribution >= 0.6 is 0 Å². The molecule has 0 fully saturated rings. The Kier molecular flexibility index (Phi) is 2.86. The molecule has 0 aliphatic carbocycles. The van der Waals surface area contributed by atoms with Gasteiger partial charge in [-0.05, 0) is 0 Å². The molecule has 0 bridgehead atoms. The molecule has 0 atom stereocenters. The molecule has 0 aliphatic heterocycles. The van der Waals surface area contributed by atoms with Crippen molar-refractivity contribution >= 4 is 31.7 Å². The van der Waals surface area contributed by atoms with E-state index in [-0.39, 0.29) is 15.0 Å². The SMILES string of the molecule is c1cc(NCc2ccncc2)c2n[se]nc2c1. The monoisotopic (exact) mass is 290 g/mol. The van der Waals surface area contributed by atoms with Gasteiger partial charge in [-0.15, -0.1) is 0 Å². The van der Waals surface area contributed by atoms with E-state index in [1.54, 1.807) is 12.4 Å². The fourth-order valence-electron chi connectivity index (χ4n) is 1.65. The Bertz CT molecular complexity index is 620. The van der Waals surface area contributed by atoms with Gasteiger partial charge in [0.25, 0.3) is 0 Å². The first-order valence-corrected chi connectivity index (χ1v) is 6.81. The fraction of sp³-hybridized carbons (Fsp3) is 0.0833. The third-order valence-electron chi connectivity index (χ3n) is 2.52. The zero-order valence-electron chi connectivity index (χ0n) is 9.00. The molecule has 0 aliphatic rings. The van der Waals surface area contributed by atoms with Gasteiger partial charge in [0.1, 0.15) is 0 Å². The molecule has 0 amide bonds. The Morgan fingerprint density at radius 2 is 1.94 bits per heavy atom. The quantitative estimate of drug-likeness (QED) is 0.746. The van der Waals surface area contributed by atoms with Crippen LogP contribution in [0.1, 0.15) is 5.56 Å². The van der Waals surface area contributed by atoms with E-state index in [1.807, 2.05) is 30.3 Å². The number of nitrogens with zero attached hydrogens (tertiary/aromatic N) is 3. The zero-order chi connectivity index (χ0) is 11.5. The molecular weight excluding hydrogens is 279 g/mol. The van der Waals surface area contributed by atoms with Crippen LogP contribution in [-0.4, -0.2) is 27.9 Å². The molecular formula is C12H10N4Se. The molecule has 4 nitrogen and oxygen atoms in total. The summed E-state index contributed by atoms with van der Waals surface area (Å²) in [5, 5.41) is 3.39. The van der Waals surface area contributed by atoms with E-state index in [0.717, 1.165) is 23.3 Å². The fourth-order valence-corrected chi connectivity index (χ4v) is 2.80. The van der Waals surface area contributed by atoms with Crippen LogP contribution in [0.15, 0.2) is 42.7 Å². The second-order valence-corrected chi connectivity index (χ2v) is 4.76. The summed E-state index contributed by atoms with van der Waals surface area (Å²) in [4.78, 5) is 4.00. The zero-order valence-corrected chi connectivity index (χ0v) is 10.7. The number of fused-ring (bicyclic) bond motifs is 1. The van der Waals surface area contributed by atoms with Crippen LogP contribution in [0.3, 0.4) is 0 Å². The van der Waals surface area contributed by atoms with Crippen molar-refractivity contribution in [3.63, 3.8) is 0 Å². The summed E-state index contributed by atoms with van der Waals surface area (Å²) >= 11 is 0.0246. The topological polar surface area (TPSA) is 50.7 Å². The molecule has 1 N–H and O–H groups in total. The first kappa shape index (κ1) is 10.4. The molecule has 5 heteroatoms. The average molecular weight is 289 g/mol. The number of rotatable bonds is 3. The summed E-state index contributed by atoms with van der Waals surface area (Å²) in [6.45, 7) is 0.779. The van der Waals surface area contributed by atoms with Crippen LogP contribution in [-0.2, 0) is 6.54 Å². The number of pyridine rings is 1. The van der Waals surface area contributed by atoms with Gasteiger partial charge >= 0.3 is 105 Å². The van der Waals surface area contributed by atoms with Gasteiger partial charge in [-0.25, -0.2) is 0 Å². The Hall–Kier alpha value is -1.71. The number of aromatic nitrogens is 3. The predicted molar refractivity (Wildman–Crippen MR) is 68.0 cm³/mol. The van der Waals surface area contributed by atoms with E-state index in [2.05, 4.69) is 18.3 Å². The van der Waals surface area contributed by atoms with Crippen molar-refractivity contribution < 1.29 is 0 Å². The molecule has 3 aromatic rings. The van der Waals surface area contributed by atoms with E-state index in [1.165, 1.54) is 5.56 Å². The normalized spacial score (nSPS) is 10.6. The van der Waals surface area contributed by atoms with Gasteiger partial charge in [-0.2, -0.15) is 0 Å². The summed E-state index contributed by atoms with van der Waals surface area (Å²) in [6, 6.07) is 10.1. The second-order valence-electron chi connectivity index (χ2n) is 3.65. The first-order valence-electron chi connectivity index (χ1n) is 5.27. The summed E-state index contributed by atoms with van der Waals surface area (Å²) < 4.78 is 8.79. The van der Waals surface area contributed by atoms with Crippen LogP contribution in [0.4, 0.5) is 5.69 Å². The summed E-state index contributed by atoms with van der Waals surface area (Å²) in [5.41, 5.74) is 4.27. The van der Waals surface area contributed by atoms with Crippen molar-refractivity contribution in [2.75, 3.05) is 5.32 Å². The van der Waals surface area contributed by atoms with Gasteiger partial charge in [0, 0.05) is 0 Å². The molecule has 17 heavy (non-hydrogen) atoms. The third kappa shape index (κ3) is 2.20. The molecule has 0 radical (unpaired) electrons. The van der Waals surface area contributed by atoms with Gasteiger partial charge in [0.05, 0.1) is 0 Å². The van der Waals surface area contributed by atoms with Crippen LogP contribution in [0.25, 0.3) is 11.0 Å². The van der Waals surface area contributed by atoms with Gasteiger partial charge in [-0.1, -0.05) is 0 Å². The van der Waals surface area contributed by atoms with E-state index in [9.17, 15) is 0 Å². The second kappa shape index (κ2) is 4.65. The minimum atomic E-state index is 0.0246. The molecule has 0 saturated heterocycles. The third-order valence-corrected chi connectivity index (χ3v) is 3.66.